The Hall–Kier alpha value is -1.79. The van der Waals surface area contributed by atoms with Crippen LogP contribution in [0.3, 0.4) is 0 Å². The van der Waals surface area contributed by atoms with Crippen molar-refractivity contribution in [3.05, 3.63) is 28.8 Å². The SMILES string of the molecule is CC1CCOC1C(=O)Nc1ccc(/C(N)=N/O)cc1Cl. The van der Waals surface area contributed by atoms with Crippen LogP contribution >= 0.6 is 11.6 Å². The third kappa shape index (κ3) is 3.02. The lowest BCUT2D eigenvalue weighted by Crippen LogP contribution is -2.31. The van der Waals surface area contributed by atoms with Gasteiger partial charge in [0.2, 0.25) is 0 Å². The lowest BCUT2D eigenvalue weighted by Gasteiger charge is -2.15. The molecule has 1 aromatic rings. The van der Waals surface area contributed by atoms with E-state index in [2.05, 4.69) is 10.5 Å². The normalized spacial score (nSPS) is 22.8. The predicted molar refractivity (Wildman–Crippen MR) is 76.1 cm³/mol. The lowest BCUT2D eigenvalue weighted by atomic mass is 10.0. The molecule has 0 saturated carbocycles. The Kier molecular flexibility index (Phi) is 4.46. The Morgan fingerprint density at radius 2 is 2.35 bits per heavy atom. The van der Waals surface area contributed by atoms with Gasteiger partial charge in [-0.05, 0) is 30.5 Å². The van der Waals surface area contributed by atoms with Gasteiger partial charge in [-0.3, -0.25) is 4.79 Å². The zero-order valence-corrected chi connectivity index (χ0v) is 11.7. The van der Waals surface area contributed by atoms with Crippen molar-refractivity contribution in [3.8, 4) is 0 Å². The van der Waals surface area contributed by atoms with Gasteiger partial charge in [-0.15, -0.1) is 0 Å². The van der Waals surface area contributed by atoms with Crippen molar-refractivity contribution in [3.63, 3.8) is 0 Å². The van der Waals surface area contributed by atoms with Crippen molar-refractivity contribution >= 4 is 29.0 Å². The van der Waals surface area contributed by atoms with E-state index in [1.54, 1.807) is 12.1 Å². The van der Waals surface area contributed by atoms with E-state index < -0.39 is 6.10 Å². The fraction of sp³-hybridized carbons (Fsp3) is 0.385. The summed E-state index contributed by atoms with van der Waals surface area (Å²) in [5, 5.41) is 14.5. The summed E-state index contributed by atoms with van der Waals surface area (Å²) >= 11 is 6.07. The molecule has 0 bridgehead atoms. The number of rotatable bonds is 3. The topological polar surface area (TPSA) is 96.9 Å². The number of amides is 1. The molecule has 1 amide bonds. The van der Waals surface area contributed by atoms with Gasteiger partial charge in [0.1, 0.15) is 6.10 Å². The van der Waals surface area contributed by atoms with Gasteiger partial charge in [-0.1, -0.05) is 23.7 Å². The number of hydrogen-bond donors (Lipinski definition) is 3. The number of carbonyl (C=O) groups excluding carboxylic acids is 1. The number of ether oxygens (including phenoxy) is 1. The first-order valence-electron chi connectivity index (χ1n) is 6.23. The highest BCUT2D eigenvalue weighted by Gasteiger charge is 2.31. The maximum absolute atomic E-state index is 12.1. The zero-order chi connectivity index (χ0) is 14.7. The quantitative estimate of drug-likeness (QED) is 0.343. The average Bonchev–Trinajstić information content (AvgIpc) is 2.86. The highest BCUT2D eigenvalue weighted by molar-refractivity contribution is 6.34. The number of nitrogens with one attached hydrogen (secondary N) is 1. The number of amidine groups is 1. The molecule has 0 aromatic heterocycles. The van der Waals surface area contributed by atoms with Gasteiger partial charge in [0.05, 0.1) is 10.7 Å². The molecule has 1 heterocycles. The summed E-state index contributed by atoms with van der Waals surface area (Å²) < 4.78 is 5.39. The maximum Gasteiger partial charge on any atom is 0.253 e. The molecule has 0 spiro atoms. The molecular weight excluding hydrogens is 282 g/mol. The fourth-order valence-corrected chi connectivity index (χ4v) is 2.30. The van der Waals surface area contributed by atoms with Crippen LogP contribution in [-0.4, -0.2) is 29.7 Å². The molecule has 1 aliphatic rings. The van der Waals surface area contributed by atoms with Crippen LogP contribution in [0.4, 0.5) is 5.69 Å². The monoisotopic (exact) mass is 297 g/mol. The number of anilines is 1. The first-order valence-corrected chi connectivity index (χ1v) is 6.60. The molecule has 6 nitrogen and oxygen atoms in total. The summed E-state index contributed by atoms with van der Waals surface area (Å²) in [5.41, 5.74) is 6.41. The zero-order valence-electron chi connectivity index (χ0n) is 11.0. The molecule has 0 aliphatic carbocycles. The second-order valence-electron chi connectivity index (χ2n) is 4.73. The van der Waals surface area contributed by atoms with E-state index in [0.29, 0.717) is 22.9 Å². The highest BCUT2D eigenvalue weighted by Crippen LogP contribution is 2.26. The van der Waals surface area contributed by atoms with Gasteiger partial charge in [-0.2, -0.15) is 0 Å². The fourth-order valence-electron chi connectivity index (χ4n) is 2.07. The number of halogens is 1. The first kappa shape index (κ1) is 14.6. The Morgan fingerprint density at radius 1 is 1.60 bits per heavy atom. The number of hydrogen-bond acceptors (Lipinski definition) is 4. The minimum atomic E-state index is -0.449. The lowest BCUT2D eigenvalue weighted by molar-refractivity contribution is -0.126. The first-order chi connectivity index (χ1) is 9.52. The van der Waals surface area contributed by atoms with Crippen molar-refractivity contribution in [1.82, 2.24) is 0 Å². The number of carbonyl (C=O) groups is 1. The molecule has 20 heavy (non-hydrogen) atoms. The third-order valence-electron chi connectivity index (χ3n) is 3.28. The second kappa shape index (κ2) is 6.11. The highest BCUT2D eigenvalue weighted by atomic mass is 35.5. The minimum Gasteiger partial charge on any atom is -0.409 e. The summed E-state index contributed by atoms with van der Waals surface area (Å²) in [4.78, 5) is 12.1. The Labute approximate surface area is 121 Å². The predicted octanol–water partition coefficient (Wildman–Crippen LogP) is 1.80. The second-order valence-corrected chi connectivity index (χ2v) is 5.13. The van der Waals surface area contributed by atoms with Crippen LogP contribution < -0.4 is 11.1 Å². The number of oxime groups is 1. The largest absolute Gasteiger partial charge is 0.409 e. The van der Waals surface area contributed by atoms with Crippen molar-refractivity contribution in [2.75, 3.05) is 11.9 Å². The molecule has 4 N–H and O–H groups in total. The average molecular weight is 298 g/mol. The summed E-state index contributed by atoms with van der Waals surface area (Å²) in [5.74, 6) is -0.0730. The molecular formula is C13H16ClN3O3. The standard InChI is InChI=1S/C13H16ClN3O3/c1-7-4-5-20-11(7)13(18)16-10-3-2-8(6-9(10)14)12(15)17-19/h2-3,6-7,11,19H,4-5H2,1H3,(H2,15,17)(H,16,18). The van der Waals surface area contributed by atoms with E-state index >= 15 is 0 Å². The van der Waals surface area contributed by atoms with E-state index in [9.17, 15) is 4.79 Å². The minimum absolute atomic E-state index is 0.0440. The van der Waals surface area contributed by atoms with Crippen LogP contribution in [0, 0.1) is 5.92 Å². The van der Waals surface area contributed by atoms with Crippen LogP contribution in [0.2, 0.25) is 5.02 Å². The van der Waals surface area contributed by atoms with Gasteiger partial charge in [0, 0.05) is 12.2 Å². The number of nitrogens with zero attached hydrogens (tertiary/aromatic N) is 1. The van der Waals surface area contributed by atoms with Gasteiger partial charge >= 0.3 is 0 Å². The summed E-state index contributed by atoms with van der Waals surface area (Å²) in [7, 11) is 0. The Balaban J connectivity index is 2.12. The van der Waals surface area contributed by atoms with Crippen molar-refractivity contribution < 1.29 is 14.7 Å². The maximum atomic E-state index is 12.1. The van der Waals surface area contributed by atoms with E-state index in [1.807, 2.05) is 6.92 Å². The van der Waals surface area contributed by atoms with Gasteiger partial charge < -0.3 is 21.0 Å². The van der Waals surface area contributed by atoms with Crippen LogP contribution in [0.5, 0.6) is 0 Å². The van der Waals surface area contributed by atoms with Crippen molar-refractivity contribution in [2.45, 2.75) is 19.4 Å². The van der Waals surface area contributed by atoms with Crippen LogP contribution in [0.1, 0.15) is 18.9 Å². The summed E-state index contributed by atoms with van der Waals surface area (Å²) in [6, 6.07) is 4.73. The van der Waals surface area contributed by atoms with Crippen LogP contribution in [-0.2, 0) is 9.53 Å². The van der Waals surface area contributed by atoms with Crippen LogP contribution in [0.15, 0.2) is 23.4 Å². The molecule has 1 saturated heterocycles. The third-order valence-corrected chi connectivity index (χ3v) is 3.59. The van der Waals surface area contributed by atoms with Gasteiger partial charge in [0.25, 0.3) is 5.91 Å². The molecule has 1 aliphatic heterocycles. The number of nitrogens with two attached hydrogens (primary N) is 1. The summed E-state index contributed by atoms with van der Waals surface area (Å²) in [6.45, 7) is 2.57. The molecule has 1 fully saturated rings. The molecule has 2 rings (SSSR count). The Bertz CT molecular complexity index is 548. The van der Waals surface area contributed by atoms with Crippen LogP contribution in [0.25, 0.3) is 0 Å². The number of benzene rings is 1. The van der Waals surface area contributed by atoms with E-state index in [-0.39, 0.29) is 17.7 Å². The van der Waals surface area contributed by atoms with Gasteiger partial charge in [-0.25, -0.2) is 0 Å². The van der Waals surface area contributed by atoms with E-state index in [0.717, 1.165) is 6.42 Å². The molecule has 2 atom stereocenters. The molecule has 7 heteroatoms. The van der Waals surface area contributed by atoms with Crippen molar-refractivity contribution in [2.24, 2.45) is 16.8 Å². The molecule has 108 valence electrons. The summed E-state index contributed by atoms with van der Waals surface area (Å²) in [6.07, 6.45) is 0.420. The smallest absolute Gasteiger partial charge is 0.253 e. The van der Waals surface area contributed by atoms with E-state index in [1.165, 1.54) is 6.07 Å². The Morgan fingerprint density at radius 3 is 2.90 bits per heavy atom. The van der Waals surface area contributed by atoms with Crippen molar-refractivity contribution in [1.29, 1.82) is 0 Å². The van der Waals surface area contributed by atoms with E-state index in [4.69, 9.17) is 27.3 Å². The molecule has 0 radical (unpaired) electrons. The molecule has 1 aromatic carbocycles. The van der Waals surface area contributed by atoms with Gasteiger partial charge in [0.15, 0.2) is 5.84 Å². The molecule has 2 unspecified atom stereocenters.